The van der Waals surface area contributed by atoms with Crippen LogP contribution in [0.2, 0.25) is 0 Å². The van der Waals surface area contributed by atoms with Crippen molar-refractivity contribution in [2.45, 2.75) is 17.3 Å². The van der Waals surface area contributed by atoms with Gasteiger partial charge in [0.1, 0.15) is 17.9 Å². The molecular weight excluding hydrogens is 446 g/mol. The van der Waals surface area contributed by atoms with Crippen LogP contribution < -0.4 is 10.2 Å². The second kappa shape index (κ2) is 9.44. The van der Waals surface area contributed by atoms with Gasteiger partial charge in [0.2, 0.25) is 17.0 Å². The minimum atomic E-state index is -0.521. The molecule has 1 unspecified atom stereocenters. The normalized spacial score (nSPS) is 13.7. The number of rotatable bonds is 5. The summed E-state index contributed by atoms with van der Waals surface area (Å²) in [6, 6.07) is 26.8. The van der Waals surface area contributed by atoms with E-state index in [9.17, 15) is 9.59 Å². The maximum atomic E-state index is 13.3. The first-order chi connectivity index (χ1) is 16.6. The molecule has 2 heterocycles. The number of nitrogens with zero attached hydrogens (tertiary/aromatic N) is 4. The second-order valence-corrected chi connectivity index (χ2v) is 9.08. The molecule has 1 aliphatic rings. The van der Waals surface area contributed by atoms with Crippen molar-refractivity contribution < 1.29 is 9.59 Å². The van der Waals surface area contributed by atoms with E-state index < -0.39 is 5.25 Å². The van der Waals surface area contributed by atoms with E-state index in [2.05, 4.69) is 15.5 Å². The average molecular weight is 468 g/mol. The topological polar surface area (TPSA) is 88.1 Å². The molecule has 3 aromatic carbocycles. The first-order valence-corrected chi connectivity index (χ1v) is 11.7. The van der Waals surface area contributed by atoms with Crippen LogP contribution in [0.15, 0.2) is 90.1 Å². The summed E-state index contributed by atoms with van der Waals surface area (Å²) in [5.41, 5.74) is 4.52. The number of aromatic nitrogens is 3. The molecule has 168 valence electrons. The van der Waals surface area contributed by atoms with E-state index in [1.165, 1.54) is 16.7 Å². The molecule has 8 heteroatoms. The van der Waals surface area contributed by atoms with Crippen molar-refractivity contribution in [3.63, 3.8) is 0 Å². The predicted molar refractivity (Wildman–Crippen MR) is 133 cm³/mol. The standard InChI is InChI=1S/C26H21N5O2S/c1-17(25(33)31-16-22(32)27-20-14-8-9-15-21(20)31)34-26-28-23(18-10-4-2-5-11-18)24(29-30-26)19-12-6-3-7-13-19/h2-15,17H,16H2,1H3,(H,27,32). The quantitative estimate of drug-likeness (QED) is 0.429. The number of carbonyl (C=O) groups excluding carboxylic acids is 2. The maximum absolute atomic E-state index is 13.3. The molecule has 0 radical (unpaired) electrons. The van der Waals surface area contributed by atoms with Crippen LogP contribution >= 0.6 is 11.8 Å². The van der Waals surface area contributed by atoms with Crippen LogP contribution in [0.5, 0.6) is 0 Å². The van der Waals surface area contributed by atoms with Crippen molar-refractivity contribution in [2.75, 3.05) is 16.8 Å². The Bertz CT molecular complexity index is 1350. The van der Waals surface area contributed by atoms with Gasteiger partial charge in [0.05, 0.1) is 16.6 Å². The fraction of sp³-hybridized carbons (Fsp3) is 0.115. The van der Waals surface area contributed by atoms with Crippen LogP contribution in [-0.4, -0.2) is 38.8 Å². The molecule has 5 rings (SSSR count). The largest absolute Gasteiger partial charge is 0.323 e. The Balaban J connectivity index is 1.45. The lowest BCUT2D eigenvalue weighted by Crippen LogP contribution is -2.45. The highest BCUT2D eigenvalue weighted by molar-refractivity contribution is 8.00. The highest BCUT2D eigenvalue weighted by Crippen LogP contribution is 2.33. The molecular formula is C26H21N5O2S. The Morgan fingerprint density at radius 3 is 2.21 bits per heavy atom. The lowest BCUT2D eigenvalue weighted by molar-refractivity contribution is -0.121. The zero-order chi connectivity index (χ0) is 23.5. The number of thioether (sulfide) groups is 1. The van der Waals surface area contributed by atoms with Gasteiger partial charge in [-0.25, -0.2) is 4.98 Å². The van der Waals surface area contributed by atoms with Gasteiger partial charge >= 0.3 is 0 Å². The lowest BCUT2D eigenvalue weighted by Gasteiger charge is -2.30. The minimum absolute atomic E-state index is 0.0257. The van der Waals surface area contributed by atoms with Crippen LogP contribution in [0, 0.1) is 0 Å². The molecule has 0 bridgehead atoms. The van der Waals surface area contributed by atoms with E-state index in [1.54, 1.807) is 13.0 Å². The van der Waals surface area contributed by atoms with Gasteiger partial charge in [0.15, 0.2) is 0 Å². The van der Waals surface area contributed by atoms with E-state index in [0.717, 1.165) is 11.1 Å². The van der Waals surface area contributed by atoms with Gasteiger partial charge in [0.25, 0.3) is 0 Å². The number of fused-ring (bicyclic) bond motifs is 1. The predicted octanol–water partition coefficient (Wildman–Crippen LogP) is 4.67. The lowest BCUT2D eigenvalue weighted by atomic mass is 10.0. The monoisotopic (exact) mass is 467 g/mol. The number of anilines is 2. The van der Waals surface area contributed by atoms with Crippen LogP contribution in [0.3, 0.4) is 0 Å². The number of benzene rings is 3. The summed E-state index contributed by atoms with van der Waals surface area (Å²) < 4.78 is 0. The Kier molecular flexibility index (Phi) is 6.05. The van der Waals surface area contributed by atoms with Gasteiger partial charge in [0, 0.05) is 11.1 Å². The molecule has 1 aromatic heterocycles. The van der Waals surface area contributed by atoms with Crippen LogP contribution in [0.4, 0.5) is 11.4 Å². The molecule has 1 N–H and O–H groups in total. The first-order valence-electron chi connectivity index (χ1n) is 10.8. The van der Waals surface area contributed by atoms with Crippen molar-refractivity contribution in [1.29, 1.82) is 0 Å². The average Bonchev–Trinajstić information content (AvgIpc) is 2.88. The van der Waals surface area contributed by atoms with Gasteiger partial charge in [-0.05, 0) is 19.1 Å². The maximum Gasteiger partial charge on any atom is 0.244 e. The van der Waals surface area contributed by atoms with Crippen LogP contribution in [-0.2, 0) is 9.59 Å². The van der Waals surface area contributed by atoms with Crippen molar-refractivity contribution in [3.8, 4) is 22.5 Å². The van der Waals surface area contributed by atoms with Crippen LogP contribution in [0.25, 0.3) is 22.5 Å². The zero-order valence-corrected chi connectivity index (χ0v) is 19.2. The minimum Gasteiger partial charge on any atom is -0.323 e. The number of nitrogens with one attached hydrogen (secondary N) is 1. The molecule has 2 amide bonds. The second-order valence-electron chi connectivity index (χ2n) is 7.77. The fourth-order valence-electron chi connectivity index (χ4n) is 3.81. The molecule has 7 nitrogen and oxygen atoms in total. The van der Waals surface area contributed by atoms with E-state index in [0.29, 0.717) is 27.9 Å². The van der Waals surface area contributed by atoms with Gasteiger partial charge in [-0.15, -0.1) is 10.2 Å². The smallest absolute Gasteiger partial charge is 0.244 e. The van der Waals surface area contributed by atoms with Crippen molar-refractivity contribution >= 4 is 35.0 Å². The van der Waals surface area contributed by atoms with Crippen molar-refractivity contribution in [1.82, 2.24) is 15.2 Å². The van der Waals surface area contributed by atoms with E-state index >= 15 is 0 Å². The number of para-hydroxylation sites is 2. The number of amides is 2. The van der Waals surface area contributed by atoms with Gasteiger partial charge in [-0.1, -0.05) is 84.6 Å². The number of carbonyl (C=O) groups is 2. The molecule has 0 spiro atoms. The Morgan fingerprint density at radius 1 is 0.882 bits per heavy atom. The van der Waals surface area contributed by atoms with Crippen LogP contribution in [0.1, 0.15) is 6.92 Å². The SMILES string of the molecule is CC(Sc1nnc(-c2ccccc2)c(-c2ccccc2)n1)C(=O)N1CC(=O)Nc2ccccc21. The Hall–Kier alpha value is -4.04. The summed E-state index contributed by atoms with van der Waals surface area (Å²) >= 11 is 1.23. The third-order valence-corrected chi connectivity index (χ3v) is 6.37. The van der Waals surface area contributed by atoms with Gasteiger partial charge in [-0.3, -0.25) is 14.5 Å². The summed E-state index contributed by atoms with van der Waals surface area (Å²) in [6.45, 7) is 1.76. The summed E-state index contributed by atoms with van der Waals surface area (Å²) in [4.78, 5) is 31.7. The summed E-state index contributed by atoms with van der Waals surface area (Å²) in [7, 11) is 0. The molecule has 34 heavy (non-hydrogen) atoms. The molecule has 0 saturated carbocycles. The van der Waals surface area contributed by atoms with E-state index in [-0.39, 0.29) is 18.4 Å². The fourth-order valence-corrected chi connectivity index (χ4v) is 4.58. The zero-order valence-electron chi connectivity index (χ0n) is 18.4. The van der Waals surface area contributed by atoms with Crippen molar-refractivity contribution in [3.05, 3.63) is 84.9 Å². The third-order valence-electron chi connectivity index (χ3n) is 5.43. The Labute approximate surface area is 201 Å². The molecule has 4 aromatic rings. The molecule has 0 fully saturated rings. The third kappa shape index (κ3) is 4.40. The van der Waals surface area contributed by atoms with Crippen molar-refractivity contribution in [2.24, 2.45) is 0 Å². The number of hydrogen-bond acceptors (Lipinski definition) is 6. The van der Waals surface area contributed by atoms with E-state index in [1.807, 2.05) is 78.9 Å². The summed E-state index contributed by atoms with van der Waals surface area (Å²) in [5, 5.41) is 11.5. The highest BCUT2D eigenvalue weighted by Gasteiger charge is 2.30. The van der Waals surface area contributed by atoms with Gasteiger partial charge in [-0.2, -0.15) is 0 Å². The summed E-state index contributed by atoms with van der Waals surface area (Å²) in [6.07, 6.45) is 0. The highest BCUT2D eigenvalue weighted by atomic mass is 32.2. The van der Waals surface area contributed by atoms with E-state index in [4.69, 9.17) is 4.98 Å². The summed E-state index contributed by atoms with van der Waals surface area (Å²) in [5.74, 6) is -0.412. The molecule has 0 aliphatic carbocycles. The molecule has 0 saturated heterocycles. The molecule has 1 aliphatic heterocycles. The first kappa shape index (κ1) is 21.8. The number of hydrogen-bond donors (Lipinski definition) is 1. The Morgan fingerprint density at radius 2 is 1.50 bits per heavy atom. The molecule has 1 atom stereocenters. The van der Waals surface area contributed by atoms with Gasteiger partial charge < -0.3 is 5.32 Å².